The minimum absolute atomic E-state index is 0.0728. The number of hydrogen-bond acceptors (Lipinski definition) is 4. The van der Waals surface area contributed by atoms with E-state index < -0.39 is 5.97 Å². The van der Waals surface area contributed by atoms with Crippen LogP contribution in [-0.4, -0.2) is 30.6 Å². The number of nitrogens with two attached hydrogens (primary N) is 1. The highest BCUT2D eigenvalue weighted by atomic mass is 16.5. The average Bonchev–Trinajstić information content (AvgIpc) is 2.49. The molecule has 96 valence electrons. The molecule has 0 fully saturated rings. The molecular formula is C12H15N3O3. The van der Waals surface area contributed by atoms with E-state index >= 15 is 0 Å². The van der Waals surface area contributed by atoms with Crippen molar-refractivity contribution in [2.24, 2.45) is 0 Å². The van der Waals surface area contributed by atoms with Gasteiger partial charge in [-0.1, -0.05) is 6.07 Å². The van der Waals surface area contributed by atoms with Gasteiger partial charge in [0.05, 0.1) is 7.11 Å². The van der Waals surface area contributed by atoms with Crippen molar-refractivity contribution in [1.29, 1.82) is 0 Å². The molecule has 0 spiro atoms. The third-order valence-corrected chi connectivity index (χ3v) is 2.86. The molecule has 0 atom stereocenters. The Kier molecular flexibility index (Phi) is 3.36. The average molecular weight is 249 g/mol. The van der Waals surface area contributed by atoms with E-state index in [1.54, 1.807) is 6.07 Å². The molecule has 1 aliphatic heterocycles. The van der Waals surface area contributed by atoms with Gasteiger partial charge in [-0.25, -0.2) is 4.79 Å². The van der Waals surface area contributed by atoms with Crippen LogP contribution in [0, 0.1) is 0 Å². The molecule has 1 heterocycles. The van der Waals surface area contributed by atoms with Gasteiger partial charge in [0.2, 0.25) is 0 Å². The summed E-state index contributed by atoms with van der Waals surface area (Å²) in [6.45, 7) is 0.712. The van der Waals surface area contributed by atoms with E-state index in [1.807, 2.05) is 12.1 Å². The second kappa shape index (κ2) is 4.95. The molecule has 18 heavy (non-hydrogen) atoms. The number of nitrogens with zero attached hydrogens (tertiary/aromatic N) is 1. The number of esters is 1. The van der Waals surface area contributed by atoms with Crippen LogP contribution in [0.1, 0.15) is 11.1 Å². The first kappa shape index (κ1) is 12.2. The number of carbonyl (C=O) groups excluding carboxylic acids is 2. The minimum Gasteiger partial charge on any atom is -0.468 e. The maximum absolute atomic E-state index is 11.8. The number of nitrogens with one attached hydrogen (secondary N) is 1. The van der Waals surface area contributed by atoms with Gasteiger partial charge in [-0.2, -0.15) is 0 Å². The topological polar surface area (TPSA) is 84.7 Å². The third kappa shape index (κ3) is 2.53. The van der Waals surface area contributed by atoms with Crippen LogP contribution in [-0.2, 0) is 22.6 Å². The highest BCUT2D eigenvalue weighted by Crippen LogP contribution is 2.18. The number of rotatable bonds is 2. The number of fused-ring (bicyclic) bond motifs is 1. The summed E-state index contributed by atoms with van der Waals surface area (Å²) in [6.07, 6.45) is 0. The highest BCUT2D eigenvalue weighted by molar-refractivity contribution is 5.81. The van der Waals surface area contributed by atoms with Crippen LogP contribution < -0.4 is 11.1 Å². The second-order valence-corrected chi connectivity index (χ2v) is 4.12. The first-order chi connectivity index (χ1) is 8.60. The predicted octanol–water partition coefficient (Wildman–Crippen LogP) is 0.467. The van der Waals surface area contributed by atoms with Gasteiger partial charge in [-0.05, 0) is 23.3 Å². The lowest BCUT2D eigenvalue weighted by atomic mass is 10.1. The summed E-state index contributed by atoms with van der Waals surface area (Å²) >= 11 is 0. The van der Waals surface area contributed by atoms with E-state index in [0.29, 0.717) is 18.8 Å². The van der Waals surface area contributed by atoms with Crippen LogP contribution >= 0.6 is 0 Å². The molecule has 1 aliphatic rings. The number of anilines is 1. The van der Waals surface area contributed by atoms with Crippen LogP contribution in [0.15, 0.2) is 18.2 Å². The molecule has 1 aromatic rings. The molecule has 0 aliphatic carbocycles. The Morgan fingerprint density at radius 2 is 2.28 bits per heavy atom. The molecule has 2 rings (SSSR count). The van der Waals surface area contributed by atoms with Crippen LogP contribution in [0.5, 0.6) is 0 Å². The maximum Gasteiger partial charge on any atom is 0.325 e. The van der Waals surface area contributed by atoms with Crippen molar-refractivity contribution in [2.75, 3.05) is 19.4 Å². The quantitative estimate of drug-likeness (QED) is 0.589. The highest BCUT2D eigenvalue weighted by Gasteiger charge is 2.22. The molecule has 0 saturated heterocycles. The zero-order valence-electron chi connectivity index (χ0n) is 10.1. The number of amides is 2. The van der Waals surface area contributed by atoms with Crippen molar-refractivity contribution in [1.82, 2.24) is 10.2 Å². The van der Waals surface area contributed by atoms with E-state index in [9.17, 15) is 9.59 Å². The molecular weight excluding hydrogens is 234 g/mol. The van der Waals surface area contributed by atoms with E-state index in [-0.39, 0.29) is 12.6 Å². The van der Waals surface area contributed by atoms with Gasteiger partial charge in [0.15, 0.2) is 0 Å². The van der Waals surface area contributed by atoms with Gasteiger partial charge in [-0.3, -0.25) is 4.79 Å². The Hall–Kier alpha value is -2.24. The Morgan fingerprint density at radius 1 is 1.50 bits per heavy atom. The monoisotopic (exact) mass is 249 g/mol. The summed E-state index contributed by atoms with van der Waals surface area (Å²) in [4.78, 5) is 24.4. The first-order valence-electron chi connectivity index (χ1n) is 5.57. The Morgan fingerprint density at radius 3 is 3.00 bits per heavy atom. The third-order valence-electron chi connectivity index (χ3n) is 2.86. The Labute approximate surface area is 105 Å². The van der Waals surface area contributed by atoms with E-state index in [2.05, 4.69) is 10.1 Å². The molecule has 3 N–H and O–H groups in total. The van der Waals surface area contributed by atoms with Crippen molar-refractivity contribution in [3.05, 3.63) is 29.3 Å². The van der Waals surface area contributed by atoms with Gasteiger partial charge < -0.3 is 20.7 Å². The lowest BCUT2D eigenvalue weighted by Gasteiger charge is -2.19. The molecule has 2 amide bonds. The molecule has 0 radical (unpaired) electrons. The van der Waals surface area contributed by atoms with Crippen LogP contribution in [0.3, 0.4) is 0 Å². The van der Waals surface area contributed by atoms with Gasteiger partial charge in [0, 0.05) is 18.8 Å². The van der Waals surface area contributed by atoms with Crippen molar-refractivity contribution in [3.8, 4) is 0 Å². The normalized spacial score (nSPS) is 14.5. The molecule has 1 aromatic carbocycles. The fourth-order valence-electron chi connectivity index (χ4n) is 1.87. The fourth-order valence-corrected chi connectivity index (χ4v) is 1.87. The predicted molar refractivity (Wildman–Crippen MR) is 65.5 cm³/mol. The summed E-state index contributed by atoms with van der Waals surface area (Å²) in [5.74, 6) is -0.447. The Bertz CT molecular complexity index is 487. The van der Waals surface area contributed by atoms with Gasteiger partial charge >= 0.3 is 12.0 Å². The summed E-state index contributed by atoms with van der Waals surface area (Å²) < 4.78 is 4.57. The lowest BCUT2D eigenvalue weighted by Crippen LogP contribution is -2.40. The number of urea groups is 1. The molecule has 0 aromatic heterocycles. The molecule has 6 nitrogen and oxygen atoms in total. The first-order valence-corrected chi connectivity index (χ1v) is 5.57. The number of hydrogen-bond donors (Lipinski definition) is 2. The van der Waals surface area contributed by atoms with Gasteiger partial charge in [-0.15, -0.1) is 0 Å². The fraction of sp³-hybridized carbons (Fsp3) is 0.333. The summed E-state index contributed by atoms with van der Waals surface area (Å²) in [6, 6.07) is 5.21. The molecule has 0 saturated carbocycles. The van der Waals surface area contributed by atoms with Gasteiger partial charge in [0.1, 0.15) is 6.54 Å². The summed E-state index contributed by atoms with van der Waals surface area (Å²) in [7, 11) is 1.30. The van der Waals surface area contributed by atoms with Crippen LogP contribution in [0.2, 0.25) is 0 Å². The smallest absolute Gasteiger partial charge is 0.325 e. The van der Waals surface area contributed by atoms with Crippen LogP contribution in [0.25, 0.3) is 0 Å². The molecule has 6 heteroatoms. The molecule has 0 unspecified atom stereocenters. The van der Waals surface area contributed by atoms with Crippen LogP contribution in [0.4, 0.5) is 10.5 Å². The Balaban J connectivity index is 2.23. The largest absolute Gasteiger partial charge is 0.468 e. The zero-order chi connectivity index (χ0) is 13.1. The number of methoxy groups -OCH3 is 1. The lowest BCUT2D eigenvalue weighted by molar-refractivity contribution is -0.141. The van der Waals surface area contributed by atoms with E-state index in [1.165, 1.54) is 12.0 Å². The van der Waals surface area contributed by atoms with E-state index in [4.69, 9.17) is 5.73 Å². The van der Waals surface area contributed by atoms with Crippen molar-refractivity contribution in [3.63, 3.8) is 0 Å². The zero-order valence-corrected chi connectivity index (χ0v) is 10.1. The maximum atomic E-state index is 11.8. The number of benzene rings is 1. The standard InChI is InChI=1S/C12H15N3O3/c1-18-11(16)7-15-6-9-4-10(13)3-2-8(9)5-14-12(15)17/h2-4H,5-7,13H2,1H3,(H,14,17). The summed E-state index contributed by atoms with van der Waals surface area (Å²) in [5, 5.41) is 2.74. The number of ether oxygens (including phenoxy) is 1. The number of carbonyl (C=O) groups is 2. The number of nitrogen functional groups attached to an aromatic ring is 1. The summed E-state index contributed by atoms with van der Waals surface area (Å²) in [5.41, 5.74) is 8.31. The van der Waals surface area contributed by atoms with Crippen molar-refractivity contribution < 1.29 is 14.3 Å². The van der Waals surface area contributed by atoms with E-state index in [0.717, 1.165) is 11.1 Å². The van der Waals surface area contributed by atoms with Gasteiger partial charge in [0.25, 0.3) is 0 Å². The SMILES string of the molecule is COC(=O)CN1Cc2cc(N)ccc2CNC1=O. The van der Waals surface area contributed by atoms with Crippen molar-refractivity contribution in [2.45, 2.75) is 13.1 Å². The molecule has 0 bridgehead atoms. The minimum atomic E-state index is -0.447. The second-order valence-electron chi connectivity index (χ2n) is 4.12. The van der Waals surface area contributed by atoms with Crippen molar-refractivity contribution >= 4 is 17.7 Å².